The highest BCUT2D eigenvalue weighted by atomic mass is 16.5. The number of para-hydroxylation sites is 2. The summed E-state index contributed by atoms with van der Waals surface area (Å²) in [7, 11) is 0. The zero-order chi connectivity index (χ0) is 36.8. The first-order valence-corrected chi connectivity index (χ1v) is 18.5. The van der Waals surface area contributed by atoms with Gasteiger partial charge in [0.05, 0.1) is 17.8 Å². The van der Waals surface area contributed by atoms with Crippen LogP contribution in [0.25, 0.3) is 78.5 Å². The lowest BCUT2D eigenvalue weighted by atomic mass is 9.66. The van der Waals surface area contributed by atoms with Gasteiger partial charge < -0.3 is 13.6 Å². The van der Waals surface area contributed by atoms with E-state index in [0.29, 0.717) is 34.0 Å². The molecule has 2 aliphatic rings. The highest BCUT2D eigenvalue weighted by Crippen LogP contribution is 2.62. The van der Waals surface area contributed by atoms with E-state index in [1.54, 1.807) is 24.8 Å². The van der Waals surface area contributed by atoms with Gasteiger partial charge in [0.15, 0.2) is 11.2 Å². The van der Waals surface area contributed by atoms with Gasteiger partial charge in [-0.05, 0) is 80.9 Å². The van der Waals surface area contributed by atoms with E-state index in [4.69, 9.17) is 23.5 Å². The molecule has 0 bridgehead atoms. The normalized spacial score (nSPS) is 13.3. The van der Waals surface area contributed by atoms with Crippen LogP contribution in [0.2, 0.25) is 0 Å². The van der Waals surface area contributed by atoms with E-state index in [0.717, 1.165) is 56.0 Å². The van der Waals surface area contributed by atoms with Crippen molar-refractivity contribution < 1.29 is 13.6 Å². The predicted octanol–water partition coefficient (Wildman–Crippen LogP) is 11.9. The second-order valence-corrected chi connectivity index (χ2v) is 14.3. The van der Waals surface area contributed by atoms with Gasteiger partial charge in [0.25, 0.3) is 0 Å². The minimum Gasteiger partial charge on any atom is -0.457 e. The van der Waals surface area contributed by atoms with Gasteiger partial charge in [-0.3, -0.25) is 9.97 Å². The van der Waals surface area contributed by atoms with Crippen molar-refractivity contribution >= 4 is 22.2 Å². The fourth-order valence-corrected chi connectivity index (χ4v) is 8.74. The first-order chi connectivity index (χ1) is 27.7. The molecule has 0 saturated carbocycles. The molecule has 0 atom stereocenters. The van der Waals surface area contributed by atoms with Gasteiger partial charge in [-0.2, -0.15) is 0 Å². The Bertz CT molecular complexity index is 2990. The predicted molar refractivity (Wildman–Crippen MR) is 216 cm³/mol. The molecule has 0 unspecified atom stereocenters. The zero-order valence-corrected chi connectivity index (χ0v) is 29.7. The number of oxazole rings is 2. The molecule has 0 amide bonds. The number of benzene rings is 6. The molecule has 1 aliphatic heterocycles. The number of hydrogen-bond donors (Lipinski definition) is 0. The number of rotatable bonds is 4. The summed E-state index contributed by atoms with van der Waals surface area (Å²) in [5, 5.41) is 0. The van der Waals surface area contributed by atoms with Crippen molar-refractivity contribution in [1.82, 2.24) is 19.9 Å². The van der Waals surface area contributed by atoms with Crippen LogP contribution in [0.4, 0.5) is 0 Å². The molecular formula is C49H28N4O3. The summed E-state index contributed by atoms with van der Waals surface area (Å²) >= 11 is 0. The van der Waals surface area contributed by atoms with Crippen LogP contribution in [0.5, 0.6) is 11.5 Å². The van der Waals surface area contributed by atoms with Gasteiger partial charge in [0, 0.05) is 46.8 Å². The Morgan fingerprint density at radius 3 is 1.50 bits per heavy atom. The molecule has 262 valence electrons. The summed E-state index contributed by atoms with van der Waals surface area (Å²) in [6.45, 7) is 0. The second kappa shape index (κ2) is 11.7. The molecule has 0 fully saturated rings. The Balaban J connectivity index is 0.991. The fraction of sp³-hybridized carbons (Fsp3) is 0.0204. The Kier molecular flexibility index (Phi) is 6.42. The molecule has 10 aromatic rings. The summed E-state index contributed by atoms with van der Waals surface area (Å²) in [6, 6.07) is 51.2. The van der Waals surface area contributed by atoms with Crippen LogP contribution in [-0.2, 0) is 5.41 Å². The van der Waals surface area contributed by atoms with Gasteiger partial charge in [0.1, 0.15) is 22.5 Å². The van der Waals surface area contributed by atoms with E-state index in [9.17, 15) is 0 Å². The summed E-state index contributed by atoms with van der Waals surface area (Å²) in [5.41, 5.74) is 15.4. The van der Waals surface area contributed by atoms with E-state index in [1.165, 1.54) is 22.3 Å². The number of fused-ring (bicyclic) bond motifs is 11. The van der Waals surface area contributed by atoms with Crippen LogP contribution >= 0.6 is 0 Å². The topological polar surface area (TPSA) is 87.1 Å². The molecule has 7 nitrogen and oxygen atoms in total. The molecular weight excluding hydrogens is 693 g/mol. The minimum atomic E-state index is -0.522. The molecule has 1 spiro atoms. The molecule has 6 aromatic carbocycles. The van der Waals surface area contributed by atoms with E-state index < -0.39 is 5.41 Å². The minimum absolute atomic E-state index is 0.495. The molecule has 0 N–H and O–H groups in total. The van der Waals surface area contributed by atoms with Crippen molar-refractivity contribution in [2.45, 2.75) is 5.41 Å². The average Bonchev–Trinajstić information content (AvgIpc) is 3.98. The van der Waals surface area contributed by atoms with E-state index in [1.807, 2.05) is 30.3 Å². The molecule has 0 radical (unpaired) electrons. The second-order valence-electron chi connectivity index (χ2n) is 14.3. The summed E-state index contributed by atoms with van der Waals surface area (Å²) < 4.78 is 18.9. The van der Waals surface area contributed by atoms with Gasteiger partial charge in [-0.25, -0.2) is 9.97 Å². The van der Waals surface area contributed by atoms with Crippen molar-refractivity contribution in [3.8, 4) is 67.8 Å². The standard InChI is InChI=1S/C49H28N4O3/c1-2-8-37-35(7-1)36-18-17-31(26-40(36)49(37)38-9-3-5-11-43(38)54-44-12-6-4-10-39(44)49)29-13-15-30(16-14-29)32-23-33(47-52-41-27-50-21-19-45(41)55-47)25-34(24-32)48-53-42-28-51-22-20-46(42)56-48/h1-28H. The lowest BCUT2D eigenvalue weighted by Gasteiger charge is -2.39. The van der Waals surface area contributed by atoms with Gasteiger partial charge in [-0.1, -0.05) is 97.1 Å². The molecule has 4 aromatic heterocycles. The maximum Gasteiger partial charge on any atom is 0.227 e. The molecule has 12 rings (SSSR count). The maximum atomic E-state index is 6.54. The fourth-order valence-electron chi connectivity index (χ4n) is 8.74. The average molecular weight is 721 g/mol. The first-order valence-electron chi connectivity index (χ1n) is 18.5. The van der Waals surface area contributed by atoms with Crippen molar-refractivity contribution in [3.63, 3.8) is 0 Å². The summed E-state index contributed by atoms with van der Waals surface area (Å²) in [4.78, 5) is 18.0. The van der Waals surface area contributed by atoms with Crippen LogP contribution < -0.4 is 4.74 Å². The Labute approximate surface area is 320 Å². The van der Waals surface area contributed by atoms with Crippen LogP contribution in [-0.4, -0.2) is 19.9 Å². The van der Waals surface area contributed by atoms with Crippen molar-refractivity contribution in [2.75, 3.05) is 0 Å². The third-order valence-electron chi connectivity index (χ3n) is 11.2. The van der Waals surface area contributed by atoms with E-state index in [2.05, 4.69) is 125 Å². The number of nitrogens with zero attached hydrogens (tertiary/aromatic N) is 4. The van der Waals surface area contributed by atoms with Gasteiger partial charge >= 0.3 is 0 Å². The third-order valence-corrected chi connectivity index (χ3v) is 11.2. The van der Waals surface area contributed by atoms with E-state index in [-0.39, 0.29) is 0 Å². The number of pyridine rings is 2. The third kappa shape index (κ3) is 4.45. The molecule has 56 heavy (non-hydrogen) atoms. The van der Waals surface area contributed by atoms with Crippen LogP contribution in [0.3, 0.4) is 0 Å². The Morgan fingerprint density at radius 2 is 0.893 bits per heavy atom. The molecule has 0 saturated heterocycles. The van der Waals surface area contributed by atoms with Crippen LogP contribution in [0, 0.1) is 0 Å². The van der Waals surface area contributed by atoms with Crippen molar-refractivity contribution in [3.05, 3.63) is 193 Å². The van der Waals surface area contributed by atoms with Crippen LogP contribution in [0.15, 0.2) is 179 Å². The number of ether oxygens (including phenoxy) is 1. The largest absolute Gasteiger partial charge is 0.457 e. The Hall–Kier alpha value is -7.64. The van der Waals surface area contributed by atoms with Gasteiger partial charge in [0.2, 0.25) is 11.8 Å². The lowest BCUT2D eigenvalue weighted by Crippen LogP contribution is -2.32. The Morgan fingerprint density at radius 1 is 0.393 bits per heavy atom. The molecule has 7 heteroatoms. The SMILES string of the molecule is c1ccc2c(c1)Oc1ccccc1C21c2ccccc2-c2ccc(-c3ccc(-c4cc(-c5nc6cnccc6o5)cc(-c5nc6cnccc6o5)c4)cc3)cc21. The molecule has 5 heterocycles. The lowest BCUT2D eigenvalue weighted by molar-refractivity contribution is 0.436. The zero-order valence-electron chi connectivity index (χ0n) is 29.7. The van der Waals surface area contributed by atoms with Crippen molar-refractivity contribution in [1.29, 1.82) is 0 Å². The number of hydrogen-bond acceptors (Lipinski definition) is 7. The van der Waals surface area contributed by atoms with Gasteiger partial charge in [-0.15, -0.1) is 0 Å². The van der Waals surface area contributed by atoms with Crippen molar-refractivity contribution in [2.24, 2.45) is 0 Å². The highest BCUT2D eigenvalue weighted by molar-refractivity contribution is 5.91. The van der Waals surface area contributed by atoms with E-state index >= 15 is 0 Å². The molecule has 1 aliphatic carbocycles. The smallest absolute Gasteiger partial charge is 0.227 e. The monoisotopic (exact) mass is 720 g/mol. The highest BCUT2D eigenvalue weighted by Gasteiger charge is 2.51. The maximum absolute atomic E-state index is 6.54. The quantitative estimate of drug-likeness (QED) is 0.179. The summed E-state index contributed by atoms with van der Waals surface area (Å²) in [6.07, 6.45) is 6.82. The van der Waals surface area contributed by atoms with Crippen LogP contribution in [0.1, 0.15) is 22.3 Å². The first kappa shape index (κ1) is 30.8. The summed E-state index contributed by atoms with van der Waals surface area (Å²) in [5.74, 6) is 2.76. The number of aromatic nitrogens is 4.